The first-order valence-electron chi connectivity index (χ1n) is 7.71. The van der Waals surface area contributed by atoms with E-state index in [0.717, 1.165) is 11.3 Å². The fraction of sp³-hybridized carbons (Fsp3) is 0.353. The van der Waals surface area contributed by atoms with E-state index in [-0.39, 0.29) is 12.5 Å². The van der Waals surface area contributed by atoms with Crippen LogP contribution in [0.15, 0.2) is 24.3 Å². The molecule has 0 bridgehead atoms. The molecule has 2 aromatic rings. The van der Waals surface area contributed by atoms with Gasteiger partial charge in [0.15, 0.2) is 22.7 Å². The maximum atomic E-state index is 12.3. The van der Waals surface area contributed by atoms with E-state index in [4.69, 9.17) is 14.2 Å². The molecule has 8 heteroatoms. The Morgan fingerprint density at radius 2 is 1.96 bits per heavy atom. The van der Waals surface area contributed by atoms with Gasteiger partial charge in [0.1, 0.15) is 4.88 Å². The van der Waals surface area contributed by atoms with Crippen molar-refractivity contribution in [2.75, 3.05) is 19.0 Å². The van der Waals surface area contributed by atoms with E-state index >= 15 is 0 Å². The highest BCUT2D eigenvalue weighted by atomic mass is 32.1. The first kappa shape index (κ1) is 18.7. The standard InChI is InChI=1S/C17H20N2O5S/c1-5-23-16(21)14-10(2)18-17(25-14)19-15(20)11(3)24-13-9-7-6-8-12(13)22-4/h6-9,11H,5H2,1-4H3,(H,18,19,20)/t11-/m1/s1. The second-order valence-corrected chi connectivity index (χ2v) is 6.05. The van der Waals surface area contributed by atoms with Crippen LogP contribution in [-0.2, 0) is 9.53 Å². The van der Waals surface area contributed by atoms with Crippen molar-refractivity contribution in [3.8, 4) is 11.5 Å². The lowest BCUT2D eigenvalue weighted by Gasteiger charge is -2.15. The van der Waals surface area contributed by atoms with Crippen LogP contribution in [0.4, 0.5) is 5.13 Å². The van der Waals surface area contributed by atoms with Gasteiger partial charge in [-0.05, 0) is 32.9 Å². The summed E-state index contributed by atoms with van der Waals surface area (Å²) < 4.78 is 15.8. The maximum Gasteiger partial charge on any atom is 0.350 e. The largest absolute Gasteiger partial charge is 0.493 e. The zero-order valence-corrected chi connectivity index (χ0v) is 15.3. The fourth-order valence-corrected chi connectivity index (χ4v) is 2.87. The summed E-state index contributed by atoms with van der Waals surface area (Å²) in [5.74, 6) is 0.179. The second-order valence-electron chi connectivity index (χ2n) is 5.05. The van der Waals surface area contributed by atoms with Gasteiger partial charge in [-0.25, -0.2) is 9.78 Å². The number of aromatic nitrogens is 1. The molecule has 0 aliphatic heterocycles. The van der Waals surface area contributed by atoms with Gasteiger partial charge in [-0.3, -0.25) is 10.1 Å². The Kier molecular flexibility index (Phi) is 6.35. The topological polar surface area (TPSA) is 86.8 Å². The minimum Gasteiger partial charge on any atom is -0.493 e. The van der Waals surface area contributed by atoms with Crippen LogP contribution in [0.25, 0.3) is 0 Å². The van der Waals surface area contributed by atoms with Crippen LogP contribution in [0.3, 0.4) is 0 Å². The van der Waals surface area contributed by atoms with Crippen molar-refractivity contribution >= 4 is 28.3 Å². The number of aryl methyl sites for hydroxylation is 1. The summed E-state index contributed by atoms with van der Waals surface area (Å²) >= 11 is 1.07. The number of thiazole rings is 1. The average molecular weight is 364 g/mol. The number of hydrogen-bond donors (Lipinski definition) is 1. The normalized spacial score (nSPS) is 11.5. The van der Waals surface area contributed by atoms with Crippen LogP contribution in [0.5, 0.6) is 11.5 Å². The molecule has 1 aromatic carbocycles. The van der Waals surface area contributed by atoms with E-state index < -0.39 is 12.1 Å². The van der Waals surface area contributed by atoms with Crippen molar-refractivity contribution in [1.82, 2.24) is 4.98 Å². The zero-order chi connectivity index (χ0) is 18.4. The molecule has 2 rings (SSSR count). The third-order valence-corrected chi connectivity index (χ3v) is 4.28. The smallest absolute Gasteiger partial charge is 0.350 e. The van der Waals surface area contributed by atoms with Crippen LogP contribution >= 0.6 is 11.3 Å². The first-order chi connectivity index (χ1) is 12.0. The molecule has 0 saturated carbocycles. The van der Waals surface area contributed by atoms with E-state index in [2.05, 4.69) is 10.3 Å². The maximum absolute atomic E-state index is 12.3. The van der Waals surface area contributed by atoms with E-state index in [1.54, 1.807) is 39.0 Å². The number of nitrogens with zero attached hydrogens (tertiary/aromatic N) is 1. The molecule has 0 unspecified atom stereocenters. The number of methoxy groups -OCH3 is 1. The molecule has 1 heterocycles. The number of hydrogen-bond acceptors (Lipinski definition) is 7. The molecule has 1 atom stereocenters. The average Bonchev–Trinajstić information content (AvgIpc) is 2.95. The number of rotatable bonds is 7. The Balaban J connectivity index is 2.04. The number of amides is 1. The Bertz CT molecular complexity index is 759. The van der Waals surface area contributed by atoms with Crippen LogP contribution < -0.4 is 14.8 Å². The number of carbonyl (C=O) groups is 2. The molecule has 1 N–H and O–H groups in total. The lowest BCUT2D eigenvalue weighted by atomic mass is 10.3. The second kappa shape index (κ2) is 8.48. The summed E-state index contributed by atoms with van der Waals surface area (Å²) in [7, 11) is 1.53. The predicted molar refractivity (Wildman–Crippen MR) is 94.5 cm³/mol. The van der Waals surface area contributed by atoms with Crippen molar-refractivity contribution in [1.29, 1.82) is 0 Å². The molecule has 0 saturated heterocycles. The zero-order valence-electron chi connectivity index (χ0n) is 14.5. The van der Waals surface area contributed by atoms with Crippen molar-refractivity contribution < 1.29 is 23.8 Å². The molecule has 0 radical (unpaired) electrons. The minimum absolute atomic E-state index is 0.279. The highest BCUT2D eigenvalue weighted by Gasteiger charge is 2.21. The number of ether oxygens (including phenoxy) is 3. The van der Waals surface area contributed by atoms with Gasteiger partial charge in [-0.15, -0.1) is 0 Å². The monoisotopic (exact) mass is 364 g/mol. The predicted octanol–water partition coefficient (Wildman–Crippen LogP) is 3.04. The molecular formula is C17H20N2O5S. The minimum atomic E-state index is -0.772. The van der Waals surface area contributed by atoms with Gasteiger partial charge in [-0.2, -0.15) is 0 Å². The van der Waals surface area contributed by atoms with E-state index in [9.17, 15) is 9.59 Å². The van der Waals surface area contributed by atoms with Crippen molar-refractivity contribution in [2.24, 2.45) is 0 Å². The highest BCUT2D eigenvalue weighted by molar-refractivity contribution is 7.17. The highest BCUT2D eigenvalue weighted by Crippen LogP contribution is 2.27. The van der Waals surface area contributed by atoms with Crippen molar-refractivity contribution in [3.63, 3.8) is 0 Å². The van der Waals surface area contributed by atoms with Gasteiger partial charge >= 0.3 is 5.97 Å². The molecular weight excluding hydrogens is 344 g/mol. The third-order valence-electron chi connectivity index (χ3n) is 3.23. The Labute approximate surface area is 149 Å². The Morgan fingerprint density at radius 1 is 1.28 bits per heavy atom. The number of nitrogens with one attached hydrogen (secondary N) is 1. The molecule has 0 aliphatic rings. The molecule has 0 fully saturated rings. The number of benzene rings is 1. The SMILES string of the molecule is CCOC(=O)c1sc(NC(=O)[C@@H](C)Oc2ccccc2OC)nc1C. The fourth-order valence-electron chi connectivity index (χ4n) is 2.00. The third kappa shape index (κ3) is 4.69. The first-order valence-corrected chi connectivity index (χ1v) is 8.53. The molecule has 134 valence electrons. The number of anilines is 1. The van der Waals surface area contributed by atoms with Gasteiger partial charge in [0.25, 0.3) is 5.91 Å². The van der Waals surface area contributed by atoms with Gasteiger partial charge in [0.05, 0.1) is 19.4 Å². The molecule has 1 aromatic heterocycles. The van der Waals surface area contributed by atoms with E-state index in [1.807, 2.05) is 6.07 Å². The quantitative estimate of drug-likeness (QED) is 0.760. The van der Waals surface area contributed by atoms with E-state index in [0.29, 0.717) is 27.2 Å². The summed E-state index contributed by atoms with van der Waals surface area (Å²) in [6.45, 7) is 5.32. The van der Waals surface area contributed by atoms with Gasteiger partial charge in [0, 0.05) is 0 Å². The van der Waals surface area contributed by atoms with Crippen molar-refractivity contribution in [2.45, 2.75) is 26.9 Å². The van der Waals surface area contributed by atoms with Crippen LogP contribution in [-0.4, -0.2) is 36.7 Å². The summed E-state index contributed by atoms with van der Waals surface area (Å²) in [6.07, 6.45) is -0.772. The number of carbonyl (C=O) groups excluding carboxylic acids is 2. The molecule has 0 spiro atoms. The number of para-hydroxylation sites is 2. The van der Waals surface area contributed by atoms with Crippen LogP contribution in [0, 0.1) is 6.92 Å². The summed E-state index contributed by atoms with van der Waals surface area (Å²) in [5, 5.41) is 2.97. The molecule has 25 heavy (non-hydrogen) atoms. The molecule has 7 nitrogen and oxygen atoms in total. The summed E-state index contributed by atoms with van der Waals surface area (Å²) in [4.78, 5) is 28.7. The Morgan fingerprint density at radius 3 is 2.60 bits per heavy atom. The van der Waals surface area contributed by atoms with Crippen molar-refractivity contribution in [3.05, 3.63) is 34.8 Å². The van der Waals surface area contributed by atoms with Crippen LogP contribution in [0.2, 0.25) is 0 Å². The Hall–Kier alpha value is -2.61. The lowest BCUT2D eigenvalue weighted by molar-refractivity contribution is -0.122. The summed E-state index contributed by atoms with van der Waals surface area (Å²) in [6, 6.07) is 7.06. The van der Waals surface area contributed by atoms with Crippen LogP contribution in [0.1, 0.15) is 29.2 Å². The van der Waals surface area contributed by atoms with E-state index in [1.165, 1.54) is 7.11 Å². The molecule has 0 aliphatic carbocycles. The van der Waals surface area contributed by atoms with Gasteiger partial charge < -0.3 is 14.2 Å². The van der Waals surface area contributed by atoms with Gasteiger partial charge in [0.2, 0.25) is 0 Å². The molecule has 1 amide bonds. The lowest BCUT2D eigenvalue weighted by Crippen LogP contribution is -2.30. The summed E-state index contributed by atoms with van der Waals surface area (Å²) in [5.41, 5.74) is 0.511. The van der Waals surface area contributed by atoms with Gasteiger partial charge in [-0.1, -0.05) is 23.5 Å². The number of esters is 1.